The lowest BCUT2D eigenvalue weighted by Crippen LogP contribution is -2.37. The summed E-state index contributed by atoms with van der Waals surface area (Å²) in [6.07, 6.45) is 1.15. The maximum absolute atomic E-state index is 6.15. The third-order valence-corrected chi connectivity index (χ3v) is 5.53. The molecule has 2 aliphatic heterocycles. The van der Waals surface area contributed by atoms with Gasteiger partial charge in [0.05, 0.1) is 34.1 Å². The molecule has 0 bridgehead atoms. The molecule has 4 rings (SSSR count). The highest BCUT2D eigenvalue weighted by Crippen LogP contribution is 2.29. The number of aromatic nitrogens is 2. The Morgan fingerprint density at radius 1 is 1.20 bits per heavy atom. The molecule has 3 heterocycles. The fraction of sp³-hybridized carbons (Fsp3) is 0.500. The van der Waals surface area contributed by atoms with Crippen LogP contribution in [0.3, 0.4) is 0 Å². The molecule has 2 aliphatic rings. The molecule has 7 heteroatoms. The molecule has 0 unspecified atom stereocenters. The number of hydrogen-bond donors (Lipinski definition) is 1. The number of hydrogen-bond acceptors (Lipinski definition) is 4. The molecule has 0 saturated carbocycles. The highest BCUT2D eigenvalue weighted by atomic mass is 35.5. The lowest BCUT2D eigenvalue weighted by atomic mass is 10.1. The van der Waals surface area contributed by atoms with E-state index in [0.29, 0.717) is 16.7 Å². The average molecular weight is 381 g/mol. The van der Waals surface area contributed by atoms with Crippen LogP contribution in [0.1, 0.15) is 29.5 Å². The van der Waals surface area contributed by atoms with Crippen LogP contribution in [-0.4, -0.2) is 40.9 Å². The number of benzene rings is 1. The van der Waals surface area contributed by atoms with Crippen LogP contribution in [0.25, 0.3) is 0 Å². The van der Waals surface area contributed by atoms with E-state index in [-0.39, 0.29) is 6.10 Å². The molecule has 1 aromatic carbocycles. The van der Waals surface area contributed by atoms with Gasteiger partial charge in [0, 0.05) is 32.7 Å². The minimum Gasteiger partial charge on any atom is -0.371 e. The fourth-order valence-corrected chi connectivity index (χ4v) is 3.79. The minimum atomic E-state index is 0.0191. The van der Waals surface area contributed by atoms with E-state index in [1.165, 1.54) is 5.69 Å². The molecule has 1 aromatic heterocycles. The van der Waals surface area contributed by atoms with Crippen molar-refractivity contribution in [2.75, 3.05) is 26.2 Å². The van der Waals surface area contributed by atoms with Gasteiger partial charge in [-0.3, -0.25) is 9.58 Å². The largest absolute Gasteiger partial charge is 0.371 e. The van der Waals surface area contributed by atoms with Crippen molar-refractivity contribution in [2.24, 2.45) is 0 Å². The van der Waals surface area contributed by atoms with Gasteiger partial charge in [-0.15, -0.1) is 0 Å². The van der Waals surface area contributed by atoms with Crippen LogP contribution < -0.4 is 5.32 Å². The van der Waals surface area contributed by atoms with Gasteiger partial charge in [0.25, 0.3) is 0 Å². The van der Waals surface area contributed by atoms with Gasteiger partial charge in [0.1, 0.15) is 0 Å². The number of aryl methyl sites for hydroxylation is 1. The van der Waals surface area contributed by atoms with E-state index in [1.807, 2.05) is 18.2 Å². The molecule has 134 valence electrons. The predicted molar refractivity (Wildman–Crippen MR) is 99.0 cm³/mol. The number of rotatable bonds is 3. The molecule has 0 amide bonds. The van der Waals surface area contributed by atoms with Crippen LogP contribution in [0.15, 0.2) is 24.3 Å². The van der Waals surface area contributed by atoms with Crippen molar-refractivity contribution in [1.82, 2.24) is 20.0 Å². The number of morpholine rings is 1. The Balaban J connectivity index is 1.43. The zero-order chi connectivity index (χ0) is 17.2. The Bertz CT molecular complexity index is 725. The van der Waals surface area contributed by atoms with Crippen molar-refractivity contribution in [3.8, 4) is 0 Å². The van der Waals surface area contributed by atoms with Crippen LogP contribution in [0.2, 0.25) is 10.0 Å². The van der Waals surface area contributed by atoms with Crippen LogP contribution >= 0.6 is 23.2 Å². The normalized spacial score (nSPS) is 21.8. The third-order valence-electron chi connectivity index (χ3n) is 4.80. The summed E-state index contributed by atoms with van der Waals surface area (Å²) in [5.74, 6) is 0. The monoisotopic (exact) mass is 380 g/mol. The van der Waals surface area contributed by atoms with Gasteiger partial charge < -0.3 is 10.1 Å². The smallest absolute Gasteiger partial charge is 0.0953 e. The number of nitrogens with one attached hydrogen (secondary N) is 1. The lowest BCUT2D eigenvalue weighted by molar-refractivity contribution is -0.0333. The van der Waals surface area contributed by atoms with Gasteiger partial charge >= 0.3 is 0 Å². The lowest BCUT2D eigenvalue weighted by Gasteiger charge is -2.32. The number of nitrogens with zero attached hydrogens (tertiary/aromatic N) is 3. The molecular weight excluding hydrogens is 359 g/mol. The van der Waals surface area contributed by atoms with Gasteiger partial charge in [-0.25, -0.2) is 0 Å². The Morgan fingerprint density at radius 3 is 3.00 bits per heavy atom. The first-order valence-corrected chi connectivity index (χ1v) is 9.50. The van der Waals surface area contributed by atoms with Gasteiger partial charge in [0.2, 0.25) is 0 Å². The van der Waals surface area contributed by atoms with Gasteiger partial charge in [0.15, 0.2) is 0 Å². The Labute approximate surface area is 157 Å². The van der Waals surface area contributed by atoms with E-state index in [2.05, 4.69) is 21.0 Å². The summed E-state index contributed by atoms with van der Waals surface area (Å²) in [4.78, 5) is 2.40. The second-order valence-electron chi connectivity index (χ2n) is 6.65. The number of ether oxygens (including phenoxy) is 1. The molecule has 1 fully saturated rings. The van der Waals surface area contributed by atoms with Crippen molar-refractivity contribution in [3.05, 3.63) is 51.3 Å². The first-order valence-electron chi connectivity index (χ1n) is 8.74. The van der Waals surface area contributed by atoms with Crippen molar-refractivity contribution in [2.45, 2.75) is 32.2 Å². The Hall–Kier alpha value is -1.11. The topological polar surface area (TPSA) is 42.3 Å². The third kappa shape index (κ3) is 4.01. The molecule has 25 heavy (non-hydrogen) atoms. The quantitative estimate of drug-likeness (QED) is 0.887. The van der Waals surface area contributed by atoms with Gasteiger partial charge in [-0.1, -0.05) is 29.3 Å². The Morgan fingerprint density at radius 2 is 2.12 bits per heavy atom. The maximum Gasteiger partial charge on any atom is 0.0953 e. The van der Waals surface area contributed by atoms with E-state index in [1.54, 1.807) is 0 Å². The maximum atomic E-state index is 6.15. The SMILES string of the molecule is Clc1ccc([C@H]2CN(Cc3cc4n(n3)CCCNC4)CCO2)cc1Cl. The number of halogens is 2. The van der Waals surface area contributed by atoms with Gasteiger partial charge in [-0.05, 0) is 36.7 Å². The van der Waals surface area contributed by atoms with Crippen molar-refractivity contribution < 1.29 is 4.74 Å². The molecule has 5 nitrogen and oxygen atoms in total. The van der Waals surface area contributed by atoms with Crippen LogP contribution in [0.5, 0.6) is 0 Å². The highest BCUT2D eigenvalue weighted by Gasteiger charge is 2.23. The van der Waals surface area contributed by atoms with Crippen LogP contribution in [0.4, 0.5) is 0 Å². The zero-order valence-electron chi connectivity index (χ0n) is 14.0. The van der Waals surface area contributed by atoms with Crippen molar-refractivity contribution >= 4 is 23.2 Å². The van der Waals surface area contributed by atoms with E-state index in [4.69, 9.17) is 33.0 Å². The molecule has 0 aliphatic carbocycles. The first-order chi connectivity index (χ1) is 12.2. The van der Waals surface area contributed by atoms with E-state index < -0.39 is 0 Å². The van der Waals surface area contributed by atoms with Crippen LogP contribution in [-0.2, 0) is 24.4 Å². The molecule has 0 spiro atoms. The average Bonchev–Trinajstić information content (AvgIpc) is 2.86. The van der Waals surface area contributed by atoms with E-state index in [0.717, 1.165) is 56.9 Å². The van der Waals surface area contributed by atoms with Crippen molar-refractivity contribution in [1.29, 1.82) is 0 Å². The molecule has 2 aromatic rings. The Kier molecular flexibility index (Phi) is 5.29. The summed E-state index contributed by atoms with van der Waals surface area (Å²) < 4.78 is 8.09. The summed E-state index contributed by atoms with van der Waals surface area (Å²) >= 11 is 12.2. The summed E-state index contributed by atoms with van der Waals surface area (Å²) in [5, 5.41) is 9.37. The molecule has 1 atom stereocenters. The summed E-state index contributed by atoms with van der Waals surface area (Å²) in [5.41, 5.74) is 3.49. The highest BCUT2D eigenvalue weighted by molar-refractivity contribution is 6.42. The standard InChI is InChI=1S/C18H22Cl2N4O/c19-16-3-2-13(8-17(16)20)18-12-23(6-7-25-18)11-14-9-15-10-21-4-1-5-24(15)22-14/h2-3,8-9,18,21H,1,4-7,10-12H2/t18-/m1/s1. The summed E-state index contributed by atoms with van der Waals surface area (Å²) in [6, 6.07) is 7.96. The molecule has 0 radical (unpaired) electrons. The van der Waals surface area contributed by atoms with Crippen LogP contribution in [0, 0.1) is 0 Å². The van der Waals surface area contributed by atoms with Gasteiger partial charge in [-0.2, -0.15) is 5.10 Å². The predicted octanol–water partition coefficient (Wildman–Crippen LogP) is 3.26. The van der Waals surface area contributed by atoms with Crippen molar-refractivity contribution in [3.63, 3.8) is 0 Å². The molecule has 1 saturated heterocycles. The van der Waals surface area contributed by atoms with E-state index in [9.17, 15) is 0 Å². The fourth-order valence-electron chi connectivity index (χ4n) is 3.49. The summed E-state index contributed by atoms with van der Waals surface area (Å²) in [7, 11) is 0. The minimum absolute atomic E-state index is 0.0191. The first kappa shape index (κ1) is 17.3. The second-order valence-corrected chi connectivity index (χ2v) is 7.46. The van der Waals surface area contributed by atoms with E-state index >= 15 is 0 Å². The second kappa shape index (κ2) is 7.64. The number of fused-ring (bicyclic) bond motifs is 1. The molecular formula is C18H22Cl2N4O. The zero-order valence-corrected chi connectivity index (χ0v) is 15.6. The summed E-state index contributed by atoms with van der Waals surface area (Å²) in [6.45, 7) is 6.27. The molecule has 1 N–H and O–H groups in total.